The molecule has 42 heavy (non-hydrogen) atoms. The van der Waals surface area contributed by atoms with Crippen LogP contribution in [-0.2, 0) is 12.8 Å². The zero-order valence-electron chi connectivity index (χ0n) is 25.9. The van der Waals surface area contributed by atoms with E-state index in [4.69, 9.17) is 4.98 Å². The zero-order chi connectivity index (χ0) is 30.8. The Bertz CT molecular complexity index is 1240. The molecule has 0 spiro atoms. The van der Waals surface area contributed by atoms with Crippen LogP contribution in [0.1, 0.15) is 94.0 Å². The summed E-state index contributed by atoms with van der Waals surface area (Å²) in [6.45, 7) is 11.0. The van der Waals surface area contributed by atoms with Crippen LogP contribution in [0.4, 0.5) is 8.78 Å². The Kier molecular flexibility index (Phi) is 18.3. The van der Waals surface area contributed by atoms with E-state index in [-0.39, 0.29) is 11.6 Å². The van der Waals surface area contributed by atoms with Crippen LogP contribution in [0.3, 0.4) is 0 Å². The molecular formula is C34H47BrF2N2S2Sn. The van der Waals surface area contributed by atoms with E-state index >= 15 is 0 Å². The molecule has 8 heteroatoms. The summed E-state index contributed by atoms with van der Waals surface area (Å²) < 4.78 is 32.6. The summed E-state index contributed by atoms with van der Waals surface area (Å²) in [7, 11) is 0. The summed E-state index contributed by atoms with van der Waals surface area (Å²) in [5.41, 5.74) is 2.28. The van der Waals surface area contributed by atoms with Crippen molar-refractivity contribution in [2.75, 3.05) is 0 Å². The van der Waals surface area contributed by atoms with Gasteiger partial charge in [-0.2, -0.15) is 0 Å². The minimum atomic E-state index is -2.39. The monoisotopic (exact) mass is 784 g/mol. The minimum absolute atomic E-state index is 0.160. The summed E-state index contributed by atoms with van der Waals surface area (Å²) in [5, 5.41) is 0. The number of benzene rings is 2. The molecule has 0 bridgehead atoms. The topological polar surface area (TPSA) is 25.8 Å². The van der Waals surface area contributed by atoms with E-state index < -0.39 is 18.4 Å². The van der Waals surface area contributed by atoms with Gasteiger partial charge in [0, 0.05) is 17.5 Å². The molecule has 0 aliphatic rings. The van der Waals surface area contributed by atoms with E-state index in [1.54, 1.807) is 38.6 Å². The fourth-order valence-electron chi connectivity index (χ4n) is 4.85. The number of hydrogen-bond donors (Lipinski definition) is 0. The Hall–Kier alpha value is -1.16. The summed E-state index contributed by atoms with van der Waals surface area (Å²) in [5.74, 6) is -0.355. The summed E-state index contributed by atoms with van der Waals surface area (Å²) >= 11 is 4.49. The number of nitrogens with zero attached hydrogens (tertiary/aromatic N) is 2. The van der Waals surface area contributed by atoms with Crippen LogP contribution in [0.25, 0.3) is 0 Å². The van der Waals surface area contributed by atoms with Gasteiger partial charge in [-0.25, -0.2) is 9.37 Å². The van der Waals surface area contributed by atoms with Gasteiger partial charge in [0.1, 0.15) is 5.82 Å². The molecule has 2 aromatic heterocycles. The number of aromatic nitrogens is 2. The zero-order valence-corrected chi connectivity index (χ0v) is 32.0. The first kappa shape index (κ1) is 37.0. The van der Waals surface area contributed by atoms with Crippen molar-refractivity contribution in [1.29, 1.82) is 0 Å². The van der Waals surface area contributed by atoms with E-state index in [2.05, 4.69) is 47.9 Å². The van der Waals surface area contributed by atoms with Gasteiger partial charge in [-0.15, -0.1) is 11.3 Å². The largest absolute Gasteiger partial charge is 0.237 e. The van der Waals surface area contributed by atoms with E-state index in [0.717, 1.165) is 22.3 Å². The minimum Gasteiger partial charge on any atom is -0.237 e. The molecule has 0 amide bonds. The van der Waals surface area contributed by atoms with Gasteiger partial charge in [-0.3, -0.25) is 0 Å². The number of unbranched alkanes of at least 4 members (excludes halogenated alkanes) is 3. The first-order chi connectivity index (χ1) is 20.4. The van der Waals surface area contributed by atoms with Crippen molar-refractivity contribution < 1.29 is 8.78 Å². The smallest absolute Gasteiger partial charge is 0.159 e. The van der Waals surface area contributed by atoms with E-state index in [1.165, 1.54) is 79.3 Å². The third kappa shape index (κ3) is 12.8. The quantitative estimate of drug-likeness (QED) is 0.119. The second-order valence-electron chi connectivity index (χ2n) is 10.4. The summed E-state index contributed by atoms with van der Waals surface area (Å²) in [6, 6.07) is 13.5. The van der Waals surface area contributed by atoms with Gasteiger partial charge >= 0.3 is 168 Å². The number of halogens is 3. The fourth-order valence-corrected chi connectivity index (χ4v) is 25.9. The number of hydrogen-bond acceptors (Lipinski definition) is 4. The Morgan fingerprint density at radius 3 is 1.43 bits per heavy atom. The van der Waals surface area contributed by atoms with Crippen molar-refractivity contribution in [3.63, 3.8) is 0 Å². The normalized spacial score (nSPS) is 11.0. The van der Waals surface area contributed by atoms with E-state index in [1.807, 2.05) is 43.5 Å². The maximum absolute atomic E-state index is 13.1. The average molecular weight is 785 g/mol. The molecule has 2 nitrogen and oxygen atoms in total. The summed E-state index contributed by atoms with van der Waals surface area (Å²) in [4.78, 5) is 11.6. The molecule has 0 radical (unpaired) electrons. The Labute approximate surface area is 273 Å². The SMILES string of the molecule is CC.CCC[CH2][Sn]([CH2]CCC)([CH2]CCC)[c]1ncc(Cc2ccc(F)cc2)s1.Fc1ccc(Cc2cnc(Br)s2)cc1. The van der Waals surface area contributed by atoms with Crippen LogP contribution in [0, 0.1) is 11.6 Å². The van der Waals surface area contributed by atoms with Crippen LogP contribution in [-0.4, -0.2) is 28.3 Å². The van der Waals surface area contributed by atoms with Crippen LogP contribution < -0.4 is 3.02 Å². The van der Waals surface area contributed by atoms with Crippen LogP contribution in [0.2, 0.25) is 13.3 Å². The number of thiazole rings is 2. The Morgan fingerprint density at radius 2 is 1.05 bits per heavy atom. The van der Waals surface area contributed by atoms with Gasteiger partial charge in [0.15, 0.2) is 3.92 Å². The van der Waals surface area contributed by atoms with Gasteiger partial charge < -0.3 is 0 Å². The fraction of sp³-hybridized carbons (Fsp3) is 0.471. The number of rotatable bonds is 14. The van der Waals surface area contributed by atoms with Gasteiger partial charge in [0.25, 0.3) is 0 Å². The molecule has 0 unspecified atom stereocenters. The molecule has 230 valence electrons. The molecule has 4 rings (SSSR count). The van der Waals surface area contributed by atoms with Crippen molar-refractivity contribution in [2.45, 2.75) is 99.3 Å². The van der Waals surface area contributed by atoms with Gasteiger partial charge in [-0.05, 0) is 33.6 Å². The van der Waals surface area contributed by atoms with Gasteiger partial charge in [0.2, 0.25) is 0 Å². The molecule has 4 aromatic rings. The maximum atomic E-state index is 13.1. The Balaban J connectivity index is 0.000000322. The third-order valence-electron chi connectivity index (χ3n) is 7.14. The average Bonchev–Trinajstić information content (AvgIpc) is 3.65. The predicted octanol–water partition coefficient (Wildman–Crippen LogP) is 11.6. The molecular weight excluding hydrogens is 737 g/mol. The van der Waals surface area contributed by atoms with Crippen LogP contribution >= 0.6 is 38.6 Å². The second kappa shape index (κ2) is 20.7. The molecule has 0 saturated heterocycles. The van der Waals surface area contributed by atoms with Crippen LogP contribution in [0.15, 0.2) is 64.8 Å². The first-order valence-corrected chi connectivity index (χ1v) is 25.3. The molecule has 0 aliphatic heterocycles. The molecule has 0 aliphatic carbocycles. The molecule has 2 aromatic carbocycles. The maximum Gasteiger partial charge on any atom is 0.159 e. The Morgan fingerprint density at radius 1 is 0.643 bits per heavy atom. The van der Waals surface area contributed by atoms with E-state index in [9.17, 15) is 8.78 Å². The van der Waals surface area contributed by atoms with Gasteiger partial charge in [-0.1, -0.05) is 26.0 Å². The second-order valence-corrected chi connectivity index (χ2v) is 27.9. The van der Waals surface area contributed by atoms with Crippen molar-refractivity contribution >= 4 is 60.0 Å². The molecule has 0 fully saturated rings. The molecule has 0 saturated carbocycles. The molecule has 0 atom stereocenters. The third-order valence-corrected chi connectivity index (χ3v) is 27.4. The van der Waals surface area contributed by atoms with Crippen molar-refractivity contribution in [1.82, 2.24) is 9.97 Å². The van der Waals surface area contributed by atoms with Crippen molar-refractivity contribution in [3.05, 3.63) is 97.4 Å². The summed E-state index contributed by atoms with van der Waals surface area (Å²) in [6.07, 6.45) is 13.6. The molecule has 0 N–H and O–H groups in total. The first-order valence-electron chi connectivity index (χ1n) is 15.4. The van der Waals surface area contributed by atoms with Gasteiger partial charge in [0.05, 0.1) is 0 Å². The van der Waals surface area contributed by atoms with Crippen molar-refractivity contribution in [2.24, 2.45) is 0 Å². The molecule has 2 heterocycles. The standard InChI is InChI=1S/C10H7BrFNS.C10H7FNS.3C4H9.C2H6.Sn/c11-10-13-6-9(14-10)5-7-1-3-8(12)4-2-7;11-9-3-1-8(2-4-9)5-10-6-12-7-13-10;3*1-3-4-2;1-2;/h1-4,6H,5H2;1-4,6H,5H2;3*1,3-4H2,2H3;1-2H3;. The van der Waals surface area contributed by atoms with E-state index in [0.29, 0.717) is 0 Å². The van der Waals surface area contributed by atoms with Crippen LogP contribution in [0.5, 0.6) is 0 Å². The van der Waals surface area contributed by atoms with Crippen molar-refractivity contribution in [3.8, 4) is 0 Å². The predicted molar refractivity (Wildman–Crippen MR) is 186 cm³/mol.